The van der Waals surface area contributed by atoms with Gasteiger partial charge in [-0.3, -0.25) is 4.90 Å². The zero-order valence-electron chi connectivity index (χ0n) is 16.3. The van der Waals surface area contributed by atoms with Crippen LogP contribution in [0.4, 0.5) is 0 Å². The fraction of sp³-hybridized carbons (Fsp3) is 0.250. The summed E-state index contributed by atoms with van der Waals surface area (Å²) >= 11 is 0. The van der Waals surface area contributed by atoms with Gasteiger partial charge in [-0.1, -0.05) is 48.5 Å². The lowest BCUT2D eigenvalue weighted by molar-refractivity contribution is -0.131. The maximum atomic E-state index is 10.6. The lowest BCUT2D eigenvalue weighted by Crippen LogP contribution is -2.24. The van der Waals surface area contributed by atoms with Gasteiger partial charge in [-0.25, -0.2) is 9.48 Å². The number of para-hydroxylation sites is 1. The second-order valence-corrected chi connectivity index (χ2v) is 7.38. The summed E-state index contributed by atoms with van der Waals surface area (Å²) in [5.74, 6) is -0.905. The van der Waals surface area contributed by atoms with Gasteiger partial charge in [-0.15, -0.1) is 0 Å². The van der Waals surface area contributed by atoms with Crippen molar-refractivity contribution in [1.82, 2.24) is 14.7 Å². The zero-order valence-corrected chi connectivity index (χ0v) is 16.3. The molecule has 2 heterocycles. The Hall–Kier alpha value is -3.18. The van der Waals surface area contributed by atoms with Gasteiger partial charge in [0.1, 0.15) is 0 Å². The third-order valence-corrected chi connectivity index (χ3v) is 5.43. The van der Waals surface area contributed by atoms with Crippen LogP contribution in [0.25, 0.3) is 5.69 Å². The standard InChI is InChI=1S/C24H25N3O2/c28-24(29)10-4-6-19-11-13-20(14-12-19)23-9-5-17-26(23)18-22-15-16-25-27(22)21-7-2-1-3-8-21/h1-4,7-8,10-16,23H,5-6,9,17-18H2,(H,28,29)/b10-4+/t23-/m0/s1. The Morgan fingerprint density at radius 1 is 1.10 bits per heavy atom. The van der Waals surface area contributed by atoms with E-state index in [1.807, 2.05) is 29.1 Å². The first-order valence-electron chi connectivity index (χ1n) is 10.0. The number of hydrogen-bond donors (Lipinski definition) is 1. The highest BCUT2D eigenvalue weighted by Gasteiger charge is 2.26. The van der Waals surface area contributed by atoms with E-state index >= 15 is 0 Å². The molecule has 1 saturated heterocycles. The van der Waals surface area contributed by atoms with Crippen LogP contribution in [-0.4, -0.2) is 32.3 Å². The van der Waals surface area contributed by atoms with Crippen LogP contribution in [0.1, 0.15) is 35.7 Å². The summed E-state index contributed by atoms with van der Waals surface area (Å²) in [7, 11) is 0. The quantitative estimate of drug-likeness (QED) is 0.611. The molecule has 1 fully saturated rings. The van der Waals surface area contributed by atoms with E-state index in [1.165, 1.54) is 23.8 Å². The zero-order chi connectivity index (χ0) is 20.1. The van der Waals surface area contributed by atoms with Gasteiger partial charge in [0.25, 0.3) is 0 Å². The first kappa shape index (κ1) is 19.2. The molecule has 0 radical (unpaired) electrons. The van der Waals surface area contributed by atoms with E-state index in [-0.39, 0.29) is 0 Å². The summed E-state index contributed by atoms with van der Waals surface area (Å²) in [5, 5.41) is 13.2. The summed E-state index contributed by atoms with van der Waals surface area (Å²) in [6.45, 7) is 1.94. The second-order valence-electron chi connectivity index (χ2n) is 7.38. The highest BCUT2D eigenvalue weighted by Crippen LogP contribution is 2.33. The molecular weight excluding hydrogens is 362 g/mol. The number of rotatable bonds is 7. The highest BCUT2D eigenvalue weighted by atomic mass is 16.4. The number of aliphatic carboxylic acids is 1. The minimum Gasteiger partial charge on any atom is -0.478 e. The van der Waals surface area contributed by atoms with Crippen molar-refractivity contribution in [2.75, 3.05) is 6.54 Å². The minimum absolute atomic E-state index is 0.401. The molecule has 0 spiro atoms. The molecule has 4 rings (SSSR count). The van der Waals surface area contributed by atoms with E-state index in [4.69, 9.17) is 5.11 Å². The first-order chi connectivity index (χ1) is 14.2. The van der Waals surface area contributed by atoms with Crippen molar-refractivity contribution in [3.63, 3.8) is 0 Å². The number of aromatic nitrogens is 2. The Balaban J connectivity index is 1.46. The lowest BCUT2D eigenvalue weighted by Gasteiger charge is -2.25. The number of likely N-dealkylation sites (tertiary alicyclic amines) is 1. The van der Waals surface area contributed by atoms with Crippen molar-refractivity contribution in [1.29, 1.82) is 0 Å². The topological polar surface area (TPSA) is 58.4 Å². The van der Waals surface area contributed by atoms with Gasteiger partial charge < -0.3 is 5.11 Å². The summed E-state index contributed by atoms with van der Waals surface area (Å²) in [6, 6.07) is 21.3. The Morgan fingerprint density at radius 3 is 2.66 bits per heavy atom. The van der Waals surface area contributed by atoms with E-state index in [9.17, 15) is 4.79 Å². The van der Waals surface area contributed by atoms with Gasteiger partial charge in [0.15, 0.2) is 0 Å². The van der Waals surface area contributed by atoms with Crippen molar-refractivity contribution >= 4 is 5.97 Å². The smallest absolute Gasteiger partial charge is 0.327 e. The molecule has 5 nitrogen and oxygen atoms in total. The SMILES string of the molecule is O=C(O)/C=C/Cc1ccc([C@@H]2CCCN2Cc2ccnn2-c2ccccc2)cc1. The molecule has 0 bridgehead atoms. The molecular formula is C24H25N3O2. The van der Waals surface area contributed by atoms with Crippen molar-refractivity contribution in [2.45, 2.75) is 31.8 Å². The van der Waals surface area contributed by atoms with Crippen LogP contribution in [0.5, 0.6) is 0 Å². The maximum absolute atomic E-state index is 10.6. The van der Waals surface area contributed by atoms with Gasteiger partial charge in [0.05, 0.1) is 11.4 Å². The van der Waals surface area contributed by atoms with Gasteiger partial charge in [0, 0.05) is 24.9 Å². The Labute approximate surface area is 170 Å². The normalized spacial score (nSPS) is 17.2. The average Bonchev–Trinajstić information content (AvgIpc) is 3.39. The Bertz CT molecular complexity index is 977. The van der Waals surface area contributed by atoms with Crippen LogP contribution in [0.3, 0.4) is 0 Å². The minimum atomic E-state index is -0.905. The van der Waals surface area contributed by atoms with Crippen molar-refractivity contribution < 1.29 is 9.90 Å². The van der Waals surface area contributed by atoms with Crippen LogP contribution < -0.4 is 0 Å². The third kappa shape index (κ3) is 4.63. The van der Waals surface area contributed by atoms with E-state index in [1.54, 1.807) is 6.08 Å². The molecule has 1 N–H and O–H groups in total. The van der Waals surface area contributed by atoms with Crippen LogP contribution in [0.2, 0.25) is 0 Å². The molecule has 148 valence electrons. The Morgan fingerprint density at radius 2 is 1.90 bits per heavy atom. The molecule has 1 aliphatic rings. The largest absolute Gasteiger partial charge is 0.478 e. The molecule has 3 aromatic rings. The van der Waals surface area contributed by atoms with Crippen molar-refractivity contribution in [2.24, 2.45) is 0 Å². The summed E-state index contributed by atoms with van der Waals surface area (Å²) in [4.78, 5) is 13.1. The molecule has 29 heavy (non-hydrogen) atoms. The fourth-order valence-electron chi connectivity index (χ4n) is 4.02. The lowest BCUT2D eigenvalue weighted by atomic mass is 10.0. The molecule has 5 heteroatoms. The molecule has 1 atom stereocenters. The molecule has 0 unspecified atom stereocenters. The number of carboxylic acid groups (broad SMARTS) is 1. The number of hydrogen-bond acceptors (Lipinski definition) is 3. The van der Waals surface area contributed by atoms with Gasteiger partial charge in [-0.2, -0.15) is 5.10 Å². The summed E-state index contributed by atoms with van der Waals surface area (Å²) < 4.78 is 2.02. The van der Waals surface area contributed by atoms with Gasteiger partial charge in [0.2, 0.25) is 0 Å². The number of allylic oxidation sites excluding steroid dienone is 1. The fourth-order valence-corrected chi connectivity index (χ4v) is 4.02. The van der Waals surface area contributed by atoms with Gasteiger partial charge >= 0.3 is 5.97 Å². The maximum Gasteiger partial charge on any atom is 0.327 e. The van der Waals surface area contributed by atoms with Crippen LogP contribution in [0, 0.1) is 0 Å². The molecule has 1 aromatic heterocycles. The van der Waals surface area contributed by atoms with E-state index in [2.05, 4.69) is 52.5 Å². The molecule has 2 aromatic carbocycles. The number of carboxylic acids is 1. The summed E-state index contributed by atoms with van der Waals surface area (Å²) in [5.41, 5.74) is 4.72. The predicted molar refractivity (Wildman–Crippen MR) is 113 cm³/mol. The second kappa shape index (κ2) is 8.88. The van der Waals surface area contributed by atoms with Gasteiger partial charge in [-0.05, 0) is 55.1 Å². The number of benzene rings is 2. The molecule has 0 amide bonds. The Kier molecular flexibility index (Phi) is 5.86. The van der Waals surface area contributed by atoms with Crippen molar-refractivity contribution in [3.8, 4) is 5.69 Å². The van der Waals surface area contributed by atoms with E-state index in [0.717, 1.165) is 30.8 Å². The molecule has 0 saturated carbocycles. The molecule has 1 aliphatic heterocycles. The van der Waals surface area contributed by atoms with Crippen LogP contribution in [-0.2, 0) is 17.8 Å². The van der Waals surface area contributed by atoms with Crippen LogP contribution >= 0.6 is 0 Å². The predicted octanol–water partition coefficient (Wildman–Crippen LogP) is 4.39. The average molecular weight is 387 g/mol. The highest BCUT2D eigenvalue weighted by molar-refractivity contribution is 5.79. The van der Waals surface area contributed by atoms with Crippen LogP contribution in [0.15, 0.2) is 79.0 Å². The monoisotopic (exact) mass is 387 g/mol. The summed E-state index contributed by atoms with van der Waals surface area (Å²) in [6.07, 6.45) is 7.72. The number of nitrogens with zero attached hydrogens (tertiary/aromatic N) is 3. The first-order valence-corrected chi connectivity index (χ1v) is 10.0. The number of carbonyl (C=O) groups is 1. The van der Waals surface area contributed by atoms with E-state index in [0.29, 0.717) is 12.5 Å². The molecule has 0 aliphatic carbocycles. The third-order valence-electron chi connectivity index (χ3n) is 5.43. The van der Waals surface area contributed by atoms with E-state index < -0.39 is 5.97 Å². The van der Waals surface area contributed by atoms with Crippen molar-refractivity contribution in [3.05, 3.63) is 95.8 Å².